The highest BCUT2D eigenvalue weighted by atomic mass is 32.1. The fraction of sp³-hybridized carbons (Fsp3) is 0.125. The van der Waals surface area contributed by atoms with Crippen molar-refractivity contribution in [2.45, 2.75) is 13.0 Å². The number of anilines is 1. The molecule has 2 aromatic carbocycles. The summed E-state index contributed by atoms with van der Waals surface area (Å²) in [5, 5.41) is 9.46. The van der Waals surface area contributed by atoms with E-state index in [-0.39, 0.29) is 0 Å². The number of aromatic nitrogens is 2. The van der Waals surface area contributed by atoms with Crippen LogP contribution in [0.2, 0.25) is 0 Å². The molecule has 100 valence electrons. The summed E-state index contributed by atoms with van der Waals surface area (Å²) in [6, 6.07) is 18.9. The smallest absolute Gasteiger partial charge is 0.0946 e. The molecular weight excluding hydrogens is 266 g/mol. The quantitative estimate of drug-likeness (QED) is 0.774. The SMILES string of the molecule is c1ccc(Cc2ccccc2NCc2csnn2)cc1. The van der Waals surface area contributed by atoms with E-state index in [2.05, 4.69) is 63.4 Å². The van der Waals surface area contributed by atoms with E-state index < -0.39 is 0 Å². The van der Waals surface area contributed by atoms with Gasteiger partial charge in [0.15, 0.2) is 0 Å². The van der Waals surface area contributed by atoms with Crippen LogP contribution in [0.4, 0.5) is 5.69 Å². The molecule has 20 heavy (non-hydrogen) atoms. The number of para-hydroxylation sites is 1. The van der Waals surface area contributed by atoms with Crippen LogP contribution >= 0.6 is 11.5 Å². The summed E-state index contributed by atoms with van der Waals surface area (Å²) in [4.78, 5) is 0. The van der Waals surface area contributed by atoms with Crippen molar-refractivity contribution in [1.29, 1.82) is 0 Å². The van der Waals surface area contributed by atoms with Gasteiger partial charge >= 0.3 is 0 Å². The first-order valence-corrected chi connectivity index (χ1v) is 7.37. The lowest BCUT2D eigenvalue weighted by atomic mass is 10.0. The van der Waals surface area contributed by atoms with E-state index in [9.17, 15) is 0 Å². The molecule has 3 rings (SSSR count). The van der Waals surface area contributed by atoms with Crippen molar-refractivity contribution in [3.05, 3.63) is 76.8 Å². The molecule has 0 saturated heterocycles. The van der Waals surface area contributed by atoms with Crippen LogP contribution < -0.4 is 5.32 Å². The minimum atomic E-state index is 0.711. The van der Waals surface area contributed by atoms with E-state index in [4.69, 9.17) is 0 Å². The van der Waals surface area contributed by atoms with Gasteiger partial charge in [-0.05, 0) is 35.1 Å². The van der Waals surface area contributed by atoms with E-state index in [1.54, 1.807) is 0 Å². The fourth-order valence-electron chi connectivity index (χ4n) is 2.11. The van der Waals surface area contributed by atoms with Crippen LogP contribution in [-0.4, -0.2) is 9.59 Å². The molecule has 3 nitrogen and oxygen atoms in total. The zero-order valence-electron chi connectivity index (χ0n) is 11.0. The van der Waals surface area contributed by atoms with Gasteiger partial charge in [0.2, 0.25) is 0 Å². The molecule has 0 saturated carbocycles. The number of rotatable bonds is 5. The molecule has 0 radical (unpaired) electrons. The highest BCUT2D eigenvalue weighted by molar-refractivity contribution is 7.03. The third-order valence-corrected chi connectivity index (χ3v) is 3.67. The van der Waals surface area contributed by atoms with Gasteiger partial charge in [-0.1, -0.05) is 53.0 Å². The predicted molar refractivity (Wildman–Crippen MR) is 82.9 cm³/mol. The number of benzene rings is 2. The van der Waals surface area contributed by atoms with E-state index in [1.807, 2.05) is 11.4 Å². The first kappa shape index (κ1) is 12.8. The molecule has 0 aliphatic heterocycles. The van der Waals surface area contributed by atoms with Gasteiger partial charge in [-0.15, -0.1) is 5.10 Å². The molecule has 0 aliphatic carbocycles. The van der Waals surface area contributed by atoms with Crippen LogP contribution in [0.3, 0.4) is 0 Å². The highest BCUT2D eigenvalue weighted by Gasteiger charge is 2.03. The lowest BCUT2D eigenvalue weighted by Crippen LogP contribution is -2.03. The topological polar surface area (TPSA) is 37.8 Å². The monoisotopic (exact) mass is 281 g/mol. The zero-order valence-corrected chi connectivity index (χ0v) is 11.8. The van der Waals surface area contributed by atoms with Crippen LogP contribution in [0.5, 0.6) is 0 Å². The van der Waals surface area contributed by atoms with Crippen molar-refractivity contribution in [3.8, 4) is 0 Å². The Morgan fingerprint density at radius 1 is 0.950 bits per heavy atom. The molecule has 0 spiro atoms. The van der Waals surface area contributed by atoms with Crippen LogP contribution in [0.15, 0.2) is 60.0 Å². The zero-order chi connectivity index (χ0) is 13.6. The van der Waals surface area contributed by atoms with Crippen molar-refractivity contribution in [3.63, 3.8) is 0 Å². The molecule has 1 heterocycles. The van der Waals surface area contributed by atoms with E-state index in [1.165, 1.54) is 22.7 Å². The largest absolute Gasteiger partial charge is 0.379 e. The summed E-state index contributed by atoms with van der Waals surface area (Å²) in [5.74, 6) is 0. The Morgan fingerprint density at radius 2 is 1.75 bits per heavy atom. The fourth-order valence-corrected chi connectivity index (χ4v) is 2.56. The van der Waals surface area contributed by atoms with Gasteiger partial charge in [0.25, 0.3) is 0 Å². The molecule has 0 fully saturated rings. The average molecular weight is 281 g/mol. The standard InChI is InChI=1S/C16H15N3S/c1-2-6-13(7-3-1)10-14-8-4-5-9-16(14)17-11-15-12-20-19-18-15/h1-9,12,17H,10-11H2. The van der Waals surface area contributed by atoms with Crippen molar-refractivity contribution < 1.29 is 0 Å². The Kier molecular flexibility index (Phi) is 4.04. The molecule has 0 atom stereocenters. The number of hydrogen-bond acceptors (Lipinski definition) is 4. The summed E-state index contributed by atoms with van der Waals surface area (Å²) >= 11 is 1.38. The second-order valence-corrected chi connectivity index (χ2v) is 5.18. The van der Waals surface area contributed by atoms with E-state index >= 15 is 0 Å². The van der Waals surface area contributed by atoms with E-state index in [0.717, 1.165) is 17.8 Å². The summed E-state index contributed by atoms with van der Waals surface area (Å²) in [7, 11) is 0. The molecule has 1 N–H and O–H groups in total. The third kappa shape index (κ3) is 3.22. The van der Waals surface area contributed by atoms with Gasteiger partial charge in [0.05, 0.1) is 12.2 Å². The van der Waals surface area contributed by atoms with Crippen molar-refractivity contribution >= 4 is 17.2 Å². The summed E-state index contributed by atoms with van der Waals surface area (Å²) < 4.78 is 3.88. The molecule has 4 heteroatoms. The maximum absolute atomic E-state index is 4.05. The van der Waals surface area contributed by atoms with Gasteiger partial charge in [0, 0.05) is 11.1 Å². The van der Waals surface area contributed by atoms with Crippen LogP contribution in [0.25, 0.3) is 0 Å². The summed E-state index contributed by atoms with van der Waals surface area (Å²) in [6.45, 7) is 0.711. The van der Waals surface area contributed by atoms with E-state index in [0.29, 0.717) is 6.54 Å². The second-order valence-electron chi connectivity index (χ2n) is 4.57. The van der Waals surface area contributed by atoms with Gasteiger partial charge in [-0.25, -0.2) is 0 Å². The normalized spacial score (nSPS) is 10.4. The predicted octanol–water partition coefficient (Wildman–Crippen LogP) is 3.74. The number of nitrogens with one attached hydrogen (secondary N) is 1. The lowest BCUT2D eigenvalue weighted by molar-refractivity contribution is 0.994. The summed E-state index contributed by atoms with van der Waals surface area (Å²) in [5.41, 5.74) is 4.74. The minimum absolute atomic E-state index is 0.711. The maximum Gasteiger partial charge on any atom is 0.0946 e. The van der Waals surface area contributed by atoms with Gasteiger partial charge in [-0.2, -0.15) is 0 Å². The van der Waals surface area contributed by atoms with Crippen molar-refractivity contribution in [2.75, 3.05) is 5.32 Å². The first-order valence-electron chi connectivity index (χ1n) is 6.53. The molecule has 0 amide bonds. The van der Waals surface area contributed by atoms with Crippen LogP contribution in [-0.2, 0) is 13.0 Å². The Bertz CT molecular complexity index is 651. The van der Waals surface area contributed by atoms with Gasteiger partial charge < -0.3 is 5.32 Å². The molecule has 0 unspecified atom stereocenters. The second kappa shape index (κ2) is 6.30. The maximum atomic E-state index is 4.05. The Labute approximate surface area is 122 Å². The molecule has 0 bridgehead atoms. The number of nitrogens with zero attached hydrogens (tertiary/aromatic N) is 2. The minimum Gasteiger partial charge on any atom is -0.379 e. The first-order chi connectivity index (χ1) is 9.92. The third-order valence-electron chi connectivity index (χ3n) is 3.12. The average Bonchev–Trinajstić information content (AvgIpc) is 3.01. The Hall–Kier alpha value is -2.20. The lowest BCUT2D eigenvalue weighted by Gasteiger charge is -2.11. The Morgan fingerprint density at radius 3 is 2.55 bits per heavy atom. The van der Waals surface area contributed by atoms with Crippen LogP contribution in [0, 0.1) is 0 Å². The van der Waals surface area contributed by atoms with Gasteiger partial charge in [-0.3, -0.25) is 0 Å². The molecular formula is C16H15N3S. The van der Waals surface area contributed by atoms with Gasteiger partial charge in [0.1, 0.15) is 0 Å². The summed E-state index contributed by atoms with van der Waals surface area (Å²) in [6.07, 6.45) is 0.930. The van der Waals surface area contributed by atoms with Crippen molar-refractivity contribution in [1.82, 2.24) is 9.59 Å². The van der Waals surface area contributed by atoms with Crippen LogP contribution in [0.1, 0.15) is 16.8 Å². The highest BCUT2D eigenvalue weighted by Crippen LogP contribution is 2.19. The molecule has 0 aliphatic rings. The molecule has 3 aromatic rings. The molecule has 1 aromatic heterocycles. The van der Waals surface area contributed by atoms with Crippen molar-refractivity contribution in [2.24, 2.45) is 0 Å². The number of hydrogen-bond donors (Lipinski definition) is 1. The Balaban J connectivity index is 1.74.